The Labute approximate surface area is 135 Å². The van der Waals surface area contributed by atoms with Gasteiger partial charge in [-0.3, -0.25) is 14.7 Å². The molecule has 0 aromatic carbocycles. The van der Waals surface area contributed by atoms with Crippen LogP contribution in [0.25, 0.3) is 0 Å². The number of nitrogens with one attached hydrogen (secondary N) is 1. The minimum atomic E-state index is -0.00999. The molecule has 3 heterocycles. The number of nitrogens with zero attached hydrogens (tertiary/aromatic N) is 5. The van der Waals surface area contributed by atoms with E-state index in [1.165, 1.54) is 0 Å². The molecule has 1 aliphatic rings. The summed E-state index contributed by atoms with van der Waals surface area (Å²) < 4.78 is 1.58. The average Bonchev–Trinajstić information content (AvgIpc) is 2.54. The molecule has 1 saturated heterocycles. The lowest BCUT2D eigenvalue weighted by molar-refractivity contribution is 0.208. The van der Waals surface area contributed by atoms with Crippen LogP contribution in [0.4, 0.5) is 5.82 Å². The summed E-state index contributed by atoms with van der Waals surface area (Å²) in [5.74, 6) is 0.884. The van der Waals surface area contributed by atoms with Crippen LogP contribution in [-0.2, 0) is 13.6 Å². The van der Waals surface area contributed by atoms with Crippen LogP contribution >= 0.6 is 0 Å². The molecule has 23 heavy (non-hydrogen) atoms. The number of anilines is 1. The van der Waals surface area contributed by atoms with Crippen LogP contribution < -0.4 is 10.9 Å². The number of likely N-dealkylation sites (tertiary alicyclic amines) is 1. The molecule has 0 amide bonds. The molecule has 0 unspecified atom stereocenters. The van der Waals surface area contributed by atoms with Crippen LogP contribution in [0.1, 0.15) is 24.2 Å². The average molecular weight is 314 g/mol. The lowest BCUT2D eigenvalue weighted by atomic mass is 10.0. The largest absolute Gasteiger partial charge is 0.367 e. The Morgan fingerprint density at radius 3 is 2.78 bits per heavy atom. The Kier molecular flexibility index (Phi) is 4.66. The highest BCUT2D eigenvalue weighted by molar-refractivity contribution is 5.35. The van der Waals surface area contributed by atoms with Gasteiger partial charge >= 0.3 is 0 Å². The molecule has 7 heteroatoms. The van der Waals surface area contributed by atoms with Crippen molar-refractivity contribution in [3.8, 4) is 0 Å². The first-order chi connectivity index (χ1) is 11.1. The van der Waals surface area contributed by atoms with Gasteiger partial charge in [-0.2, -0.15) is 0 Å². The minimum absolute atomic E-state index is 0.00999. The maximum atomic E-state index is 12.0. The molecule has 0 bridgehead atoms. The van der Waals surface area contributed by atoms with Crippen molar-refractivity contribution < 1.29 is 0 Å². The van der Waals surface area contributed by atoms with Gasteiger partial charge in [-0.1, -0.05) is 0 Å². The SMILES string of the molecule is Cc1cc(NC2CCN(Cc3nccn(C)c3=O)CC2)ncn1. The molecule has 2 aromatic heterocycles. The summed E-state index contributed by atoms with van der Waals surface area (Å²) in [5, 5.41) is 3.47. The van der Waals surface area contributed by atoms with Crippen molar-refractivity contribution in [1.29, 1.82) is 0 Å². The topological polar surface area (TPSA) is 75.9 Å². The van der Waals surface area contributed by atoms with E-state index in [0.717, 1.165) is 37.4 Å². The molecule has 2 aromatic rings. The van der Waals surface area contributed by atoms with Crippen molar-refractivity contribution in [3.05, 3.63) is 46.5 Å². The maximum absolute atomic E-state index is 12.0. The van der Waals surface area contributed by atoms with Crippen LogP contribution in [-0.4, -0.2) is 43.6 Å². The van der Waals surface area contributed by atoms with E-state index in [0.29, 0.717) is 18.3 Å². The van der Waals surface area contributed by atoms with E-state index in [9.17, 15) is 4.79 Å². The van der Waals surface area contributed by atoms with Crippen LogP contribution in [0.3, 0.4) is 0 Å². The van der Waals surface area contributed by atoms with E-state index in [2.05, 4.69) is 25.2 Å². The molecule has 1 fully saturated rings. The van der Waals surface area contributed by atoms with Crippen LogP contribution in [0.2, 0.25) is 0 Å². The fraction of sp³-hybridized carbons (Fsp3) is 0.500. The quantitative estimate of drug-likeness (QED) is 0.906. The predicted octanol–water partition coefficient (Wildman–Crippen LogP) is 0.955. The second-order valence-corrected chi connectivity index (χ2v) is 6.03. The van der Waals surface area contributed by atoms with Gasteiger partial charge in [0.25, 0.3) is 5.56 Å². The van der Waals surface area contributed by atoms with Gasteiger partial charge in [-0.15, -0.1) is 0 Å². The standard InChI is InChI=1S/C16H22N6O/c1-12-9-15(19-11-18-12)20-13-3-6-22(7-4-13)10-14-16(23)21(2)8-5-17-14/h5,8-9,11,13H,3-4,6-7,10H2,1-2H3,(H,18,19,20). The van der Waals surface area contributed by atoms with Crippen LogP contribution in [0.5, 0.6) is 0 Å². The predicted molar refractivity (Wildman–Crippen MR) is 88.2 cm³/mol. The molecule has 0 aliphatic carbocycles. The van der Waals surface area contributed by atoms with E-state index in [1.807, 2.05) is 13.0 Å². The third-order valence-corrected chi connectivity index (χ3v) is 4.20. The van der Waals surface area contributed by atoms with Gasteiger partial charge in [0.1, 0.15) is 17.8 Å². The number of aryl methyl sites for hydroxylation is 2. The van der Waals surface area contributed by atoms with Crippen molar-refractivity contribution >= 4 is 5.82 Å². The molecule has 122 valence electrons. The number of hydrogen-bond donors (Lipinski definition) is 1. The molecule has 1 aliphatic heterocycles. The Balaban J connectivity index is 1.54. The third-order valence-electron chi connectivity index (χ3n) is 4.20. The fourth-order valence-electron chi connectivity index (χ4n) is 2.85. The van der Waals surface area contributed by atoms with Crippen molar-refractivity contribution in [3.63, 3.8) is 0 Å². The number of aromatic nitrogens is 4. The van der Waals surface area contributed by atoms with Gasteiger partial charge in [0.05, 0.1) is 0 Å². The summed E-state index contributed by atoms with van der Waals surface area (Å²) in [6.07, 6.45) is 7.00. The zero-order valence-electron chi connectivity index (χ0n) is 13.6. The minimum Gasteiger partial charge on any atom is -0.367 e. The smallest absolute Gasteiger partial charge is 0.273 e. The summed E-state index contributed by atoms with van der Waals surface area (Å²) in [7, 11) is 1.76. The Morgan fingerprint density at radius 1 is 1.26 bits per heavy atom. The highest BCUT2D eigenvalue weighted by Gasteiger charge is 2.20. The van der Waals surface area contributed by atoms with Crippen LogP contribution in [0.15, 0.2) is 29.6 Å². The molecule has 0 saturated carbocycles. The first-order valence-electron chi connectivity index (χ1n) is 7.90. The first kappa shape index (κ1) is 15.6. The van der Waals surface area contributed by atoms with Crippen molar-refractivity contribution in [1.82, 2.24) is 24.4 Å². The van der Waals surface area contributed by atoms with Gasteiger partial charge in [0, 0.05) is 56.9 Å². The fourth-order valence-corrected chi connectivity index (χ4v) is 2.85. The summed E-state index contributed by atoms with van der Waals surface area (Å²) in [6, 6.07) is 2.37. The van der Waals surface area contributed by atoms with Gasteiger partial charge in [0.2, 0.25) is 0 Å². The number of rotatable bonds is 4. The molecule has 1 N–H and O–H groups in total. The van der Waals surface area contributed by atoms with Gasteiger partial charge in [0.15, 0.2) is 0 Å². The van der Waals surface area contributed by atoms with E-state index in [-0.39, 0.29) is 5.56 Å². The van der Waals surface area contributed by atoms with Gasteiger partial charge in [-0.25, -0.2) is 9.97 Å². The highest BCUT2D eigenvalue weighted by atomic mass is 16.1. The Morgan fingerprint density at radius 2 is 2.04 bits per heavy atom. The Bertz CT molecular complexity index is 721. The monoisotopic (exact) mass is 314 g/mol. The van der Waals surface area contributed by atoms with Gasteiger partial charge in [-0.05, 0) is 19.8 Å². The van der Waals surface area contributed by atoms with Crippen molar-refractivity contribution in [2.24, 2.45) is 7.05 Å². The molecular weight excluding hydrogens is 292 g/mol. The third kappa shape index (κ3) is 3.92. The van der Waals surface area contributed by atoms with E-state index < -0.39 is 0 Å². The molecular formula is C16H22N6O. The van der Waals surface area contributed by atoms with Crippen molar-refractivity contribution in [2.75, 3.05) is 18.4 Å². The number of hydrogen-bond acceptors (Lipinski definition) is 6. The molecule has 7 nitrogen and oxygen atoms in total. The number of piperidine rings is 1. The summed E-state index contributed by atoms with van der Waals surface area (Å²) in [4.78, 5) is 26.9. The molecule has 0 atom stereocenters. The highest BCUT2D eigenvalue weighted by Crippen LogP contribution is 2.16. The lowest BCUT2D eigenvalue weighted by Crippen LogP contribution is -2.40. The normalized spacial score (nSPS) is 16.4. The lowest BCUT2D eigenvalue weighted by Gasteiger charge is -2.32. The first-order valence-corrected chi connectivity index (χ1v) is 7.90. The van der Waals surface area contributed by atoms with E-state index in [1.54, 1.807) is 30.3 Å². The molecule has 0 radical (unpaired) electrons. The second kappa shape index (κ2) is 6.87. The summed E-state index contributed by atoms with van der Waals surface area (Å²) >= 11 is 0. The van der Waals surface area contributed by atoms with E-state index in [4.69, 9.17) is 0 Å². The van der Waals surface area contributed by atoms with E-state index >= 15 is 0 Å². The molecule has 0 spiro atoms. The molecule has 3 rings (SSSR count). The Hall–Kier alpha value is -2.28. The van der Waals surface area contributed by atoms with Crippen LogP contribution in [0, 0.1) is 6.92 Å². The zero-order valence-corrected chi connectivity index (χ0v) is 13.6. The van der Waals surface area contributed by atoms with Gasteiger partial charge < -0.3 is 9.88 Å². The summed E-state index contributed by atoms with van der Waals surface area (Å²) in [5.41, 5.74) is 1.57. The zero-order chi connectivity index (χ0) is 16.2. The summed E-state index contributed by atoms with van der Waals surface area (Å²) in [6.45, 7) is 4.47. The second-order valence-electron chi connectivity index (χ2n) is 6.03. The van der Waals surface area contributed by atoms with Crippen molar-refractivity contribution in [2.45, 2.75) is 32.4 Å². The maximum Gasteiger partial charge on any atom is 0.273 e.